The SMILES string of the molecule is Brc1cccc(C2(c3ccccc3)c3ccccc3-c3ccccc32)c1.CC1(C)OB(c2cccc(C3(c4ccccc4)c4ccccc4-c4ccccc43)c2)OC1(C)C.Clc1nc(-c2ccccc2)nc(-c2ccccc2)n1.c1ccc(-c2nc(-c3ccccc3)nc(-c3cccc(C4(c5ccccc5)c5ccccc5-c5ccccc54)c3)n2)cc1. The van der Waals surface area contributed by atoms with Crippen molar-refractivity contribution in [1.82, 2.24) is 29.9 Å². The first-order valence-corrected chi connectivity index (χ1v) is 42.5. The van der Waals surface area contributed by atoms with Crippen LogP contribution in [0.5, 0.6) is 0 Å². The van der Waals surface area contributed by atoms with Crippen molar-refractivity contribution in [3.8, 4) is 90.3 Å². The first-order chi connectivity index (χ1) is 59.8. The van der Waals surface area contributed by atoms with E-state index in [1.165, 1.54) is 100 Å². The number of hydrogen-bond donors (Lipinski definition) is 0. The molecule has 22 rings (SSSR count). The first-order valence-electron chi connectivity index (χ1n) is 41.3. The number of halogens is 2. The van der Waals surface area contributed by atoms with Crippen molar-refractivity contribution < 1.29 is 9.31 Å². The predicted octanol–water partition coefficient (Wildman–Crippen LogP) is 26.3. The summed E-state index contributed by atoms with van der Waals surface area (Å²) in [5.41, 5.74) is 27.0. The van der Waals surface area contributed by atoms with Gasteiger partial charge in [-0.25, -0.2) is 19.9 Å². The number of fused-ring (bicyclic) bond motifs is 9. The third kappa shape index (κ3) is 14.1. The Bertz CT molecular complexity index is 6560. The second kappa shape index (κ2) is 33.1. The zero-order chi connectivity index (χ0) is 82.8. The highest BCUT2D eigenvalue weighted by Crippen LogP contribution is 2.60. The summed E-state index contributed by atoms with van der Waals surface area (Å²) in [7, 11) is -0.398. The third-order valence-corrected chi connectivity index (χ3v) is 25.2. The fourth-order valence-electron chi connectivity index (χ4n) is 18.4. The fourth-order valence-corrected chi connectivity index (χ4v) is 18.9. The molecule has 0 saturated carbocycles. The van der Waals surface area contributed by atoms with Crippen LogP contribution < -0.4 is 5.46 Å². The fraction of sp³-hybridized carbons (Fsp3) is 0.0811. The van der Waals surface area contributed by atoms with Crippen LogP contribution in [0.3, 0.4) is 0 Å². The molecule has 16 aromatic carbocycles. The molecule has 586 valence electrons. The number of hydrogen-bond acceptors (Lipinski definition) is 8. The van der Waals surface area contributed by atoms with E-state index in [0.717, 1.165) is 37.8 Å². The molecular weight excluding hydrogens is 1580 g/mol. The van der Waals surface area contributed by atoms with Gasteiger partial charge in [0.25, 0.3) is 0 Å². The van der Waals surface area contributed by atoms with Crippen LogP contribution in [0.25, 0.3) is 90.3 Å². The van der Waals surface area contributed by atoms with Crippen molar-refractivity contribution in [1.29, 1.82) is 0 Å². The Kier molecular flexibility index (Phi) is 21.2. The maximum Gasteiger partial charge on any atom is 0.494 e. The molecule has 0 radical (unpaired) electrons. The summed E-state index contributed by atoms with van der Waals surface area (Å²) in [4.78, 5) is 27.8. The zero-order valence-corrected chi connectivity index (χ0v) is 70.2. The van der Waals surface area contributed by atoms with Crippen molar-refractivity contribution >= 4 is 40.1 Å². The number of aromatic nitrogens is 6. The standard InChI is InChI=1S/C40H27N3.C31H29BO2.C25H17Br.C15H10ClN3/c1-4-15-28(16-5-1)37-41-38(29-17-6-2-7-18-29)43-39(42-37)30-19-14-22-32(27-30)40(31-20-8-3-9-21-31)35-25-12-10-23-33(35)34-24-11-13-26-36(34)40;1-29(2)30(3,4)34-32(33-29)24-16-12-15-23(21-24)31(22-13-6-5-7-14-22)27-19-10-8-17-25(27)26-18-9-11-20-28(26)31;26-20-12-8-11-19(17-20)25(18-9-2-1-3-10-18)23-15-6-4-13-21(23)22-14-5-7-16-24(22)25;16-15-18-13(11-7-3-1-4-8-11)17-14(19-15)12-9-5-2-6-10-12/h1-27H;5-21H,1-4H3;1-17H;1-10H. The molecule has 3 aliphatic carbocycles. The van der Waals surface area contributed by atoms with E-state index in [4.69, 9.17) is 35.9 Å². The number of rotatable bonds is 12. The van der Waals surface area contributed by atoms with Crippen molar-refractivity contribution in [3.05, 3.63) is 507 Å². The van der Waals surface area contributed by atoms with Gasteiger partial charge in [-0.05, 0) is 163 Å². The molecule has 1 saturated heterocycles. The van der Waals surface area contributed by atoms with Crippen molar-refractivity contribution in [3.63, 3.8) is 0 Å². The summed E-state index contributed by atoms with van der Waals surface area (Å²) in [6.45, 7) is 8.41. The summed E-state index contributed by atoms with van der Waals surface area (Å²) in [6, 6.07) is 151. The van der Waals surface area contributed by atoms with E-state index in [-0.39, 0.29) is 21.9 Å². The number of nitrogens with zero attached hydrogens (tertiary/aromatic N) is 6. The van der Waals surface area contributed by atoms with E-state index >= 15 is 0 Å². The molecule has 1 aliphatic heterocycles. The Balaban J connectivity index is 0.000000111. The van der Waals surface area contributed by atoms with Crippen LogP contribution in [-0.4, -0.2) is 48.2 Å². The van der Waals surface area contributed by atoms with Gasteiger partial charge in [-0.15, -0.1) is 0 Å². The summed E-state index contributed by atoms with van der Waals surface area (Å²) in [6.07, 6.45) is 0. The lowest BCUT2D eigenvalue weighted by molar-refractivity contribution is 0.00578. The second-order valence-corrected chi connectivity index (χ2v) is 33.2. The van der Waals surface area contributed by atoms with Crippen molar-refractivity contribution in [2.24, 2.45) is 0 Å². The van der Waals surface area contributed by atoms with E-state index in [9.17, 15) is 0 Å². The molecule has 18 aromatic rings. The van der Waals surface area contributed by atoms with Crippen LogP contribution in [0.2, 0.25) is 5.28 Å². The molecule has 0 unspecified atom stereocenters. The molecule has 2 aromatic heterocycles. The highest BCUT2D eigenvalue weighted by Gasteiger charge is 2.53. The summed E-state index contributed by atoms with van der Waals surface area (Å²) in [5.74, 6) is 3.13. The Morgan fingerprint density at radius 2 is 0.459 bits per heavy atom. The minimum Gasteiger partial charge on any atom is -0.399 e. The first kappa shape index (κ1) is 78.2. The van der Waals surface area contributed by atoms with E-state index in [1.54, 1.807) is 0 Å². The summed E-state index contributed by atoms with van der Waals surface area (Å²) < 4.78 is 14.0. The Labute approximate surface area is 726 Å². The van der Waals surface area contributed by atoms with Crippen LogP contribution in [0.1, 0.15) is 94.5 Å². The molecule has 0 atom stereocenters. The van der Waals surface area contributed by atoms with Crippen molar-refractivity contribution in [2.45, 2.75) is 55.1 Å². The summed E-state index contributed by atoms with van der Waals surface area (Å²) in [5, 5.41) is 0.202. The normalized spacial score (nSPS) is 14.4. The average Bonchev–Trinajstić information content (AvgIpc) is 1.58. The van der Waals surface area contributed by atoms with Gasteiger partial charge in [0.15, 0.2) is 29.1 Å². The largest absolute Gasteiger partial charge is 0.494 e. The molecule has 122 heavy (non-hydrogen) atoms. The molecule has 0 spiro atoms. The van der Waals surface area contributed by atoms with Crippen LogP contribution >= 0.6 is 27.5 Å². The molecule has 0 bridgehead atoms. The molecular formula is C111H83BBrClN6O2. The lowest BCUT2D eigenvalue weighted by atomic mass is 9.66. The van der Waals surface area contributed by atoms with Gasteiger partial charge >= 0.3 is 7.12 Å². The van der Waals surface area contributed by atoms with Gasteiger partial charge in [-0.3, -0.25) is 0 Å². The van der Waals surface area contributed by atoms with Gasteiger partial charge in [-0.1, -0.05) is 428 Å². The minimum atomic E-state index is -0.484. The zero-order valence-electron chi connectivity index (χ0n) is 67.8. The highest BCUT2D eigenvalue weighted by molar-refractivity contribution is 9.10. The predicted molar refractivity (Wildman–Crippen MR) is 500 cm³/mol. The van der Waals surface area contributed by atoms with E-state index in [1.807, 2.05) is 121 Å². The topological polar surface area (TPSA) is 95.8 Å². The molecule has 8 nitrogen and oxygen atoms in total. The van der Waals surface area contributed by atoms with E-state index in [0.29, 0.717) is 29.1 Å². The molecule has 0 N–H and O–H groups in total. The molecule has 4 aliphatic rings. The summed E-state index contributed by atoms with van der Waals surface area (Å²) >= 11 is 9.67. The van der Waals surface area contributed by atoms with Gasteiger partial charge in [0, 0.05) is 32.3 Å². The monoisotopic (exact) mass is 1660 g/mol. The Morgan fingerprint density at radius 3 is 0.770 bits per heavy atom. The maximum atomic E-state index is 6.42. The Hall–Kier alpha value is -13.7. The third-order valence-electron chi connectivity index (χ3n) is 24.5. The van der Waals surface area contributed by atoms with Gasteiger partial charge in [0.1, 0.15) is 0 Å². The lowest BCUT2D eigenvalue weighted by Gasteiger charge is -2.34. The van der Waals surface area contributed by atoms with Crippen molar-refractivity contribution in [2.75, 3.05) is 0 Å². The smallest absolute Gasteiger partial charge is 0.399 e. The van der Waals surface area contributed by atoms with Gasteiger partial charge in [0.2, 0.25) is 5.28 Å². The Morgan fingerprint density at radius 1 is 0.230 bits per heavy atom. The second-order valence-electron chi connectivity index (χ2n) is 31.9. The molecule has 3 heterocycles. The van der Waals surface area contributed by atoms with Crippen LogP contribution in [-0.2, 0) is 25.6 Å². The lowest BCUT2D eigenvalue weighted by Crippen LogP contribution is -2.41. The van der Waals surface area contributed by atoms with Crippen LogP contribution in [0.15, 0.2) is 435 Å². The quantitative estimate of drug-likeness (QED) is 0.112. The molecule has 1 fully saturated rings. The molecule has 11 heteroatoms. The number of benzene rings is 16. The van der Waals surface area contributed by atoms with E-state index in [2.05, 4.69) is 368 Å². The minimum absolute atomic E-state index is 0.202. The average molecular weight is 1660 g/mol. The van der Waals surface area contributed by atoms with Gasteiger partial charge in [0.05, 0.1) is 27.4 Å². The van der Waals surface area contributed by atoms with Crippen LogP contribution in [0, 0.1) is 0 Å². The highest BCUT2D eigenvalue weighted by atomic mass is 79.9. The maximum absolute atomic E-state index is 6.42. The molecule has 0 amide bonds. The van der Waals surface area contributed by atoms with E-state index < -0.39 is 17.9 Å². The van der Waals surface area contributed by atoms with Gasteiger partial charge < -0.3 is 9.31 Å². The van der Waals surface area contributed by atoms with Gasteiger partial charge in [-0.2, -0.15) is 9.97 Å². The van der Waals surface area contributed by atoms with Crippen LogP contribution in [0.4, 0.5) is 0 Å².